The van der Waals surface area contributed by atoms with E-state index in [4.69, 9.17) is 14.8 Å². The van der Waals surface area contributed by atoms with Gasteiger partial charge in [-0.25, -0.2) is 9.67 Å². The number of nitrogens with zero attached hydrogens (tertiary/aromatic N) is 6. The summed E-state index contributed by atoms with van der Waals surface area (Å²) in [5.74, 6) is 0.582. The van der Waals surface area contributed by atoms with Gasteiger partial charge in [0.25, 0.3) is 0 Å². The molecule has 2 aromatic heterocycles. The van der Waals surface area contributed by atoms with Crippen LogP contribution in [0.4, 0.5) is 11.6 Å². The largest absolute Gasteiger partial charge is 0.395 e. The summed E-state index contributed by atoms with van der Waals surface area (Å²) in [5.41, 5.74) is 3.13. The number of ether oxygens (including phenoxy) is 1. The summed E-state index contributed by atoms with van der Waals surface area (Å²) in [4.78, 5) is 14.0. The van der Waals surface area contributed by atoms with Crippen molar-refractivity contribution in [2.24, 2.45) is 0 Å². The quantitative estimate of drug-likeness (QED) is 0.580. The number of piperazine rings is 1. The highest BCUT2D eigenvalue weighted by atomic mass is 16.5. The molecule has 0 amide bonds. The van der Waals surface area contributed by atoms with E-state index in [1.807, 2.05) is 17.1 Å². The third kappa shape index (κ3) is 4.91. The maximum atomic E-state index is 9.09. The Bertz CT molecular complexity index is 1010. The van der Waals surface area contributed by atoms with Crippen LogP contribution in [0, 0.1) is 0 Å². The molecule has 0 radical (unpaired) electrons. The van der Waals surface area contributed by atoms with Crippen molar-refractivity contribution < 1.29 is 9.84 Å². The predicted molar refractivity (Wildman–Crippen MR) is 123 cm³/mol. The number of hydrogen-bond donors (Lipinski definition) is 2. The number of aromatic nitrogens is 4. The molecule has 0 aliphatic carbocycles. The highest BCUT2D eigenvalue weighted by Crippen LogP contribution is 2.25. The smallest absolute Gasteiger partial charge is 0.229 e. The molecule has 2 aliphatic rings. The molecular formula is C23H31N7O2. The van der Waals surface area contributed by atoms with Crippen molar-refractivity contribution in [1.82, 2.24) is 29.5 Å². The van der Waals surface area contributed by atoms with Crippen LogP contribution in [0.5, 0.6) is 0 Å². The minimum Gasteiger partial charge on any atom is -0.395 e. The number of β-amino-alcohol motifs (C(OH)–C–C–N with tert-alkyl or cyclic N) is 1. The Labute approximate surface area is 188 Å². The van der Waals surface area contributed by atoms with Gasteiger partial charge in [-0.2, -0.15) is 10.1 Å². The zero-order valence-corrected chi connectivity index (χ0v) is 18.4. The Morgan fingerprint density at radius 3 is 2.50 bits per heavy atom. The van der Waals surface area contributed by atoms with E-state index in [1.54, 1.807) is 0 Å². The summed E-state index contributed by atoms with van der Waals surface area (Å²) in [6, 6.07) is 8.82. The summed E-state index contributed by atoms with van der Waals surface area (Å²) in [7, 11) is 0. The molecule has 0 atom stereocenters. The Morgan fingerprint density at radius 1 is 1.00 bits per heavy atom. The van der Waals surface area contributed by atoms with Crippen molar-refractivity contribution >= 4 is 22.7 Å². The molecule has 0 saturated carbocycles. The molecule has 3 aromatic rings. The highest BCUT2D eigenvalue weighted by Gasteiger charge is 2.20. The summed E-state index contributed by atoms with van der Waals surface area (Å²) in [5, 5.41) is 17.9. The third-order valence-corrected chi connectivity index (χ3v) is 6.37. The van der Waals surface area contributed by atoms with Crippen LogP contribution < -0.4 is 5.32 Å². The molecule has 0 spiro atoms. The zero-order valence-electron chi connectivity index (χ0n) is 18.4. The molecule has 9 heteroatoms. The van der Waals surface area contributed by atoms with Gasteiger partial charge >= 0.3 is 0 Å². The molecule has 4 heterocycles. The monoisotopic (exact) mass is 437 g/mol. The van der Waals surface area contributed by atoms with Crippen molar-refractivity contribution in [3.63, 3.8) is 0 Å². The second kappa shape index (κ2) is 9.91. The van der Waals surface area contributed by atoms with E-state index < -0.39 is 0 Å². The van der Waals surface area contributed by atoms with Crippen LogP contribution in [-0.2, 0) is 11.3 Å². The van der Waals surface area contributed by atoms with Crippen LogP contribution in [-0.4, -0.2) is 87.2 Å². The molecule has 2 saturated heterocycles. The molecule has 170 valence electrons. The van der Waals surface area contributed by atoms with Gasteiger partial charge in [0.1, 0.15) is 0 Å². The van der Waals surface area contributed by atoms with Crippen molar-refractivity contribution in [3.8, 4) is 0 Å². The predicted octanol–water partition coefficient (Wildman–Crippen LogP) is 2.03. The molecule has 32 heavy (non-hydrogen) atoms. The number of fused-ring (bicyclic) bond motifs is 1. The Hall–Kier alpha value is -2.59. The molecule has 9 nitrogen and oxygen atoms in total. The van der Waals surface area contributed by atoms with Crippen molar-refractivity contribution in [3.05, 3.63) is 42.2 Å². The Morgan fingerprint density at radius 2 is 1.75 bits per heavy atom. The van der Waals surface area contributed by atoms with E-state index in [-0.39, 0.29) is 6.61 Å². The first-order valence-electron chi connectivity index (χ1n) is 11.5. The molecule has 5 rings (SSSR count). The van der Waals surface area contributed by atoms with Crippen LogP contribution in [0.1, 0.15) is 24.4 Å². The lowest BCUT2D eigenvalue weighted by atomic mass is 10.1. The molecule has 1 aromatic carbocycles. The van der Waals surface area contributed by atoms with Gasteiger partial charge in [-0.05, 0) is 30.5 Å². The van der Waals surface area contributed by atoms with Crippen molar-refractivity contribution in [2.45, 2.75) is 25.4 Å². The average Bonchev–Trinajstić information content (AvgIpc) is 3.26. The number of rotatable bonds is 7. The van der Waals surface area contributed by atoms with Crippen LogP contribution in [0.25, 0.3) is 11.0 Å². The van der Waals surface area contributed by atoms with Gasteiger partial charge < -0.3 is 15.2 Å². The molecule has 2 aliphatic heterocycles. The van der Waals surface area contributed by atoms with Gasteiger partial charge in [0.15, 0.2) is 5.65 Å². The van der Waals surface area contributed by atoms with Crippen LogP contribution in [0.15, 0.2) is 36.7 Å². The van der Waals surface area contributed by atoms with E-state index in [9.17, 15) is 0 Å². The molecule has 2 fully saturated rings. The zero-order chi connectivity index (χ0) is 21.8. The fraction of sp³-hybridized carbons (Fsp3) is 0.522. The highest BCUT2D eigenvalue weighted by molar-refractivity contribution is 5.75. The normalized spacial score (nSPS) is 18.9. The lowest BCUT2D eigenvalue weighted by Gasteiger charge is -2.34. The fourth-order valence-corrected chi connectivity index (χ4v) is 4.49. The van der Waals surface area contributed by atoms with Crippen molar-refractivity contribution in [2.75, 3.05) is 57.9 Å². The number of nitrogens with one attached hydrogen (secondary N) is 1. The summed E-state index contributed by atoms with van der Waals surface area (Å²) in [6.45, 7) is 7.61. The molecule has 2 N–H and O–H groups in total. The Balaban J connectivity index is 1.21. The lowest BCUT2D eigenvalue weighted by molar-refractivity contribution is 0.0673. The van der Waals surface area contributed by atoms with Crippen LogP contribution in [0.3, 0.4) is 0 Å². The lowest BCUT2D eigenvalue weighted by Crippen LogP contribution is -2.46. The Kier molecular flexibility index (Phi) is 6.59. The molecule has 0 unspecified atom stereocenters. The first kappa shape index (κ1) is 21.3. The van der Waals surface area contributed by atoms with E-state index in [0.29, 0.717) is 12.0 Å². The second-order valence-electron chi connectivity index (χ2n) is 8.57. The maximum Gasteiger partial charge on any atom is 0.229 e. The second-order valence-corrected chi connectivity index (χ2v) is 8.57. The number of hydrogen-bond acceptors (Lipinski definition) is 8. The number of benzene rings is 1. The maximum absolute atomic E-state index is 9.09. The van der Waals surface area contributed by atoms with E-state index in [2.05, 4.69) is 49.5 Å². The summed E-state index contributed by atoms with van der Waals surface area (Å²) < 4.78 is 7.51. The number of aliphatic hydroxyl groups is 1. The summed E-state index contributed by atoms with van der Waals surface area (Å²) >= 11 is 0. The number of aliphatic hydroxyl groups excluding tert-OH is 1. The van der Waals surface area contributed by atoms with Gasteiger partial charge in [-0.3, -0.25) is 9.80 Å². The topological polar surface area (TPSA) is 91.6 Å². The average molecular weight is 438 g/mol. The SMILES string of the molecule is OCCN1CCN(Cc2ccc(Nc3ncc4cnn(C5CCOCC5)c4n3)cc2)CC1. The van der Waals surface area contributed by atoms with Gasteiger partial charge in [0.05, 0.1) is 24.2 Å². The fourth-order valence-electron chi connectivity index (χ4n) is 4.49. The van der Waals surface area contributed by atoms with Gasteiger partial charge in [-0.1, -0.05) is 12.1 Å². The minimum atomic E-state index is 0.239. The van der Waals surface area contributed by atoms with Crippen molar-refractivity contribution in [1.29, 1.82) is 0 Å². The molecule has 0 bridgehead atoms. The summed E-state index contributed by atoms with van der Waals surface area (Å²) in [6.07, 6.45) is 5.59. The first-order chi connectivity index (χ1) is 15.8. The number of anilines is 2. The molecular weight excluding hydrogens is 406 g/mol. The minimum absolute atomic E-state index is 0.239. The van der Waals surface area contributed by atoms with E-state index in [1.165, 1.54) is 5.56 Å². The van der Waals surface area contributed by atoms with Crippen LogP contribution >= 0.6 is 0 Å². The third-order valence-electron chi connectivity index (χ3n) is 6.37. The van der Waals surface area contributed by atoms with Gasteiger partial charge in [0, 0.05) is 64.4 Å². The van der Waals surface area contributed by atoms with Gasteiger partial charge in [-0.15, -0.1) is 0 Å². The van der Waals surface area contributed by atoms with E-state index >= 15 is 0 Å². The van der Waals surface area contributed by atoms with Crippen LogP contribution in [0.2, 0.25) is 0 Å². The van der Waals surface area contributed by atoms with Gasteiger partial charge in [0.2, 0.25) is 5.95 Å². The standard InChI is InChI=1S/C23H31N7O2/c31-12-11-28-7-9-29(10-8-28)17-18-1-3-20(4-2-18)26-23-24-15-19-16-25-30(22(19)27-23)21-5-13-32-14-6-21/h1-4,15-16,21,31H,5-14,17H2,(H,24,26,27). The van der Waals surface area contributed by atoms with E-state index in [0.717, 1.165) is 82.0 Å². The first-order valence-corrected chi connectivity index (χ1v) is 11.5.